The Hall–Kier alpha value is -0.700. The lowest BCUT2D eigenvalue weighted by atomic mass is 9.81. The molecule has 0 aromatic carbocycles. The van der Waals surface area contributed by atoms with Crippen LogP contribution in [0.5, 0.6) is 0 Å². The van der Waals surface area contributed by atoms with E-state index in [-0.39, 0.29) is 23.4 Å². The van der Waals surface area contributed by atoms with Crippen LogP contribution < -0.4 is 0 Å². The van der Waals surface area contributed by atoms with Gasteiger partial charge in [-0.05, 0) is 25.7 Å². The summed E-state index contributed by atoms with van der Waals surface area (Å²) in [4.78, 5) is 22.7. The van der Waals surface area contributed by atoms with Gasteiger partial charge in [0.1, 0.15) is 11.4 Å². The van der Waals surface area contributed by atoms with Crippen LogP contribution in [0.15, 0.2) is 0 Å². The van der Waals surface area contributed by atoms with Crippen LogP contribution in [0.25, 0.3) is 0 Å². The summed E-state index contributed by atoms with van der Waals surface area (Å²) >= 11 is 0. The van der Waals surface area contributed by atoms with E-state index >= 15 is 0 Å². The van der Waals surface area contributed by atoms with E-state index < -0.39 is 5.60 Å². The van der Waals surface area contributed by atoms with E-state index in [1.54, 1.807) is 6.92 Å². The largest absolute Gasteiger partial charge is 0.382 e. The molecule has 2 aliphatic rings. The highest BCUT2D eigenvalue weighted by atomic mass is 16.3. The van der Waals surface area contributed by atoms with Crippen LogP contribution in [0.2, 0.25) is 0 Å². The Labute approximate surface area is 77.1 Å². The number of carbonyl (C=O) groups is 2. The van der Waals surface area contributed by atoms with Gasteiger partial charge in [-0.15, -0.1) is 0 Å². The summed E-state index contributed by atoms with van der Waals surface area (Å²) in [5.74, 6) is 0.258. The Morgan fingerprint density at radius 1 is 1.46 bits per heavy atom. The lowest BCUT2D eigenvalue weighted by Crippen LogP contribution is -2.32. The van der Waals surface area contributed by atoms with Crippen LogP contribution in [0, 0.1) is 11.8 Å². The molecule has 2 rings (SSSR count). The average molecular weight is 182 g/mol. The first-order chi connectivity index (χ1) is 6.00. The summed E-state index contributed by atoms with van der Waals surface area (Å²) < 4.78 is 0. The van der Waals surface area contributed by atoms with Crippen LogP contribution in [-0.4, -0.2) is 22.3 Å². The number of ketones is 2. The molecule has 72 valence electrons. The Bertz CT molecular complexity index is 267. The predicted octanol–water partition coefficient (Wildman–Crippen LogP) is 0.696. The molecular formula is C10H14O3. The molecule has 0 aliphatic heterocycles. The van der Waals surface area contributed by atoms with Crippen molar-refractivity contribution in [2.45, 2.75) is 38.2 Å². The minimum Gasteiger partial charge on any atom is -0.382 e. The highest BCUT2D eigenvalue weighted by Gasteiger charge is 2.50. The van der Waals surface area contributed by atoms with Gasteiger partial charge in [-0.25, -0.2) is 0 Å². The summed E-state index contributed by atoms with van der Waals surface area (Å²) in [6.07, 6.45) is 2.14. The maximum atomic E-state index is 11.6. The molecule has 0 saturated heterocycles. The van der Waals surface area contributed by atoms with Crippen LogP contribution in [0.4, 0.5) is 0 Å². The Morgan fingerprint density at radius 3 is 2.85 bits per heavy atom. The van der Waals surface area contributed by atoms with E-state index in [9.17, 15) is 14.7 Å². The molecule has 3 heteroatoms. The molecule has 3 atom stereocenters. The van der Waals surface area contributed by atoms with Crippen molar-refractivity contribution in [1.29, 1.82) is 0 Å². The van der Waals surface area contributed by atoms with Gasteiger partial charge in [0.25, 0.3) is 0 Å². The molecule has 3 unspecified atom stereocenters. The van der Waals surface area contributed by atoms with Gasteiger partial charge in [-0.1, -0.05) is 0 Å². The zero-order valence-corrected chi connectivity index (χ0v) is 7.75. The van der Waals surface area contributed by atoms with E-state index in [2.05, 4.69) is 0 Å². The van der Waals surface area contributed by atoms with Crippen molar-refractivity contribution < 1.29 is 14.7 Å². The van der Waals surface area contributed by atoms with E-state index in [1.807, 2.05) is 0 Å². The Balaban J connectivity index is 2.21. The second-order valence-electron chi connectivity index (χ2n) is 4.49. The van der Waals surface area contributed by atoms with Gasteiger partial charge in [0.15, 0.2) is 5.78 Å². The van der Waals surface area contributed by atoms with Gasteiger partial charge in [0, 0.05) is 18.8 Å². The first kappa shape index (κ1) is 8.88. The SMILES string of the molecule is CC1(O)CC2CC(=O)CCC2C1=O. The number of Topliss-reactive ketones (excluding diaryl/α,β-unsaturated/α-hetero) is 2. The summed E-state index contributed by atoms with van der Waals surface area (Å²) in [6, 6.07) is 0. The topological polar surface area (TPSA) is 54.4 Å². The standard InChI is InChI=1S/C10H14O3/c1-10(13)5-6-4-7(11)2-3-8(6)9(10)12/h6,8,13H,2-5H2,1H3. The maximum Gasteiger partial charge on any atom is 0.167 e. The minimum atomic E-state index is -1.17. The number of rotatable bonds is 0. The quantitative estimate of drug-likeness (QED) is 0.599. The summed E-state index contributed by atoms with van der Waals surface area (Å²) in [5.41, 5.74) is -1.17. The van der Waals surface area contributed by atoms with Gasteiger partial charge in [0.2, 0.25) is 0 Å². The van der Waals surface area contributed by atoms with Crippen LogP contribution in [0.3, 0.4) is 0 Å². The minimum absolute atomic E-state index is 0.0484. The van der Waals surface area contributed by atoms with Crippen molar-refractivity contribution in [3.05, 3.63) is 0 Å². The number of carbonyl (C=O) groups excluding carboxylic acids is 2. The Morgan fingerprint density at radius 2 is 2.15 bits per heavy atom. The molecule has 13 heavy (non-hydrogen) atoms. The number of hydrogen-bond donors (Lipinski definition) is 1. The van der Waals surface area contributed by atoms with Crippen LogP contribution in [-0.2, 0) is 9.59 Å². The number of fused-ring (bicyclic) bond motifs is 1. The molecule has 3 nitrogen and oxygen atoms in total. The van der Waals surface area contributed by atoms with Crippen molar-refractivity contribution in [2.75, 3.05) is 0 Å². The number of aliphatic hydroxyl groups is 1. The lowest BCUT2D eigenvalue weighted by Gasteiger charge is -2.21. The van der Waals surface area contributed by atoms with E-state index in [0.717, 1.165) is 0 Å². The molecule has 2 fully saturated rings. The molecule has 0 aromatic heterocycles. The molecule has 2 saturated carbocycles. The maximum absolute atomic E-state index is 11.6. The van der Waals surface area contributed by atoms with E-state index in [1.165, 1.54) is 0 Å². The molecule has 0 heterocycles. The second kappa shape index (κ2) is 2.64. The molecule has 0 aromatic rings. The highest BCUT2D eigenvalue weighted by Crippen LogP contribution is 2.43. The molecule has 0 radical (unpaired) electrons. The van der Waals surface area contributed by atoms with Crippen molar-refractivity contribution in [3.63, 3.8) is 0 Å². The van der Waals surface area contributed by atoms with Gasteiger partial charge >= 0.3 is 0 Å². The first-order valence-electron chi connectivity index (χ1n) is 4.79. The molecule has 1 N–H and O–H groups in total. The third kappa shape index (κ3) is 1.31. The molecule has 0 amide bonds. The first-order valence-corrected chi connectivity index (χ1v) is 4.79. The van der Waals surface area contributed by atoms with Gasteiger partial charge in [0.05, 0.1) is 0 Å². The summed E-state index contributed by atoms with van der Waals surface area (Å²) in [5, 5.41) is 9.72. The summed E-state index contributed by atoms with van der Waals surface area (Å²) in [6.45, 7) is 1.57. The van der Waals surface area contributed by atoms with Crippen LogP contribution in [0.1, 0.15) is 32.6 Å². The fourth-order valence-corrected chi connectivity index (χ4v) is 2.66. The third-order valence-electron chi connectivity index (χ3n) is 3.32. The lowest BCUT2D eigenvalue weighted by molar-refractivity contribution is -0.135. The molecular weight excluding hydrogens is 168 g/mol. The van der Waals surface area contributed by atoms with E-state index in [0.29, 0.717) is 25.7 Å². The summed E-state index contributed by atoms with van der Waals surface area (Å²) in [7, 11) is 0. The highest BCUT2D eigenvalue weighted by molar-refractivity contribution is 5.94. The fourth-order valence-electron chi connectivity index (χ4n) is 2.66. The van der Waals surface area contributed by atoms with Gasteiger partial charge in [-0.2, -0.15) is 0 Å². The van der Waals surface area contributed by atoms with Crippen molar-refractivity contribution in [1.82, 2.24) is 0 Å². The fraction of sp³-hybridized carbons (Fsp3) is 0.800. The smallest absolute Gasteiger partial charge is 0.167 e. The van der Waals surface area contributed by atoms with E-state index in [4.69, 9.17) is 0 Å². The van der Waals surface area contributed by atoms with Crippen molar-refractivity contribution in [3.8, 4) is 0 Å². The van der Waals surface area contributed by atoms with Gasteiger partial charge < -0.3 is 5.11 Å². The number of hydrogen-bond acceptors (Lipinski definition) is 3. The molecule has 2 aliphatic carbocycles. The van der Waals surface area contributed by atoms with Crippen molar-refractivity contribution >= 4 is 11.6 Å². The molecule has 0 spiro atoms. The third-order valence-corrected chi connectivity index (χ3v) is 3.32. The van der Waals surface area contributed by atoms with Crippen molar-refractivity contribution in [2.24, 2.45) is 11.8 Å². The monoisotopic (exact) mass is 182 g/mol. The second-order valence-corrected chi connectivity index (χ2v) is 4.49. The average Bonchev–Trinajstić information content (AvgIpc) is 2.22. The molecule has 0 bridgehead atoms. The zero-order valence-electron chi connectivity index (χ0n) is 7.75. The normalized spacial score (nSPS) is 45.1. The van der Waals surface area contributed by atoms with Crippen LogP contribution >= 0.6 is 0 Å². The predicted molar refractivity (Wildman–Crippen MR) is 46.1 cm³/mol. The van der Waals surface area contributed by atoms with Gasteiger partial charge in [-0.3, -0.25) is 9.59 Å². The zero-order chi connectivity index (χ0) is 9.64. The Kier molecular flexibility index (Phi) is 1.80.